The summed E-state index contributed by atoms with van der Waals surface area (Å²) in [6.07, 6.45) is 8.99. The number of hydrogen-bond donors (Lipinski definition) is 1. The molecule has 1 heterocycles. The smallest absolute Gasteiger partial charge is 0.0905 e. The van der Waals surface area contributed by atoms with Crippen LogP contribution in [0.4, 0.5) is 5.69 Å². The van der Waals surface area contributed by atoms with Crippen LogP contribution in [0.15, 0.2) is 47.6 Å². The van der Waals surface area contributed by atoms with Crippen molar-refractivity contribution in [1.29, 1.82) is 0 Å². The minimum Gasteiger partial charge on any atom is -0.871 e. The van der Waals surface area contributed by atoms with Gasteiger partial charge in [0.2, 0.25) is 0 Å². The highest BCUT2D eigenvalue weighted by Crippen LogP contribution is 2.39. The topological polar surface area (TPSA) is 50.7 Å². The van der Waals surface area contributed by atoms with Gasteiger partial charge < -0.3 is 5.11 Å². The highest BCUT2D eigenvalue weighted by Gasteiger charge is 2.29. The first-order chi connectivity index (χ1) is 11.2. The van der Waals surface area contributed by atoms with Gasteiger partial charge in [0.25, 0.3) is 0 Å². The molecule has 0 amide bonds. The zero-order chi connectivity index (χ0) is 17.5. The summed E-state index contributed by atoms with van der Waals surface area (Å²) in [7, 11) is 0. The van der Waals surface area contributed by atoms with Gasteiger partial charge >= 0.3 is 0 Å². The molecule has 4 nitrogen and oxygen atoms in total. The van der Waals surface area contributed by atoms with Crippen molar-refractivity contribution in [2.75, 3.05) is 5.12 Å². The Kier molecular flexibility index (Phi) is 4.04. The number of allylic oxidation sites excluding steroid dienone is 2. The predicted molar refractivity (Wildman–Crippen MR) is 98.1 cm³/mol. The Bertz CT molecular complexity index is 723. The number of nitrogens with one attached hydrogen (secondary N) is 1. The number of anilines is 1. The molecule has 4 heteroatoms. The number of nitrogens with zero attached hydrogens (tertiary/aromatic N) is 2. The zero-order valence-electron chi connectivity index (χ0n) is 15.1. The monoisotopic (exact) mass is 324 g/mol. The number of fused-ring (bicyclic) bond motifs is 1. The highest BCUT2D eigenvalue weighted by molar-refractivity contribution is 6.03. The molecule has 1 N–H and O–H groups in total. The number of hydrogen-bond acceptors (Lipinski definition) is 4. The van der Waals surface area contributed by atoms with Gasteiger partial charge in [0.05, 0.1) is 17.4 Å². The number of rotatable bonds is 3. The molecular formula is C20H26N3O-. The van der Waals surface area contributed by atoms with Gasteiger partial charge in [0.1, 0.15) is 0 Å². The van der Waals surface area contributed by atoms with E-state index in [2.05, 4.69) is 45.1 Å². The number of hydrazone groups is 1. The lowest BCUT2D eigenvalue weighted by atomic mass is 9.72. The summed E-state index contributed by atoms with van der Waals surface area (Å²) in [6, 6.07) is 5.63. The fraction of sp³-hybridized carbons (Fsp3) is 0.450. The molecule has 24 heavy (non-hydrogen) atoms. The van der Waals surface area contributed by atoms with Crippen LogP contribution in [0.1, 0.15) is 46.6 Å². The fourth-order valence-corrected chi connectivity index (χ4v) is 3.67. The number of hydrazine groups is 1. The summed E-state index contributed by atoms with van der Waals surface area (Å²) in [5.74, 6) is -0.0197. The van der Waals surface area contributed by atoms with E-state index < -0.39 is 0 Å². The average Bonchev–Trinajstić information content (AvgIpc) is 2.88. The van der Waals surface area contributed by atoms with Gasteiger partial charge in [-0.1, -0.05) is 70.7 Å². The molecule has 0 aromatic heterocycles. The summed E-state index contributed by atoms with van der Waals surface area (Å²) in [6.45, 7) is 11.2. The maximum atomic E-state index is 12.4. The van der Waals surface area contributed by atoms with Crippen molar-refractivity contribution < 1.29 is 5.11 Å². The Labute approximate surface area is 144 Å². The van der Waals surface area contributed by atoms with Crippen molar-refractivity contribution in [3.8, 4) is 5.75 Å². The van der Waals surface area contributed by atoms with E-state index in [0.29, 0.717) is 5.69 Å². The van der Waals surface area contributed by atoms with Crippen molar-refractivity contribution in [1.82, 2.24) is 5.43 Å². The molecule has 128 valence electrons. The molecule has 0 fully saturated rings. The van der Waals surface area contributed by atoms with Crippen LogP contribution < -0.4 is 15.7 Å². The van der Waals surface area contributed by atoms with Crippen LogP contribution in [0.3, 0.4) is 0 Å². The van der Waals surface area contributed by atoms with Gasteiger partial charge in [-0.25, -0.2) is 0 Å². The van der Waals surface area contributed by atoms with Gasteiger partial charge in [-0.15, -0.1) is 0 Å². The summed E-state index contributed by atoms with van der Waals surface area (Å²) < 4.78 is 0. The first-order valence-electron chi connectivity index (χ1n) is 8.47. The van der Waals surface area contributed by atoms with Crippen LogP contribution in [0.25, 0.3) is 0 Å². The van der Waals surface area contributed by atoms with Gasteiger partial charge in [-0.3, -0.25) is 0 Å². The number of benzene rings is 1. The summed E-state index contributed by atoms with van der Waals surface area (Å²) >= 11 is 0. The Hall–Kier alpha value is -2.07. The molecule has 1 aliphatic heterocycles. The van der Waals surface area contributed by atoms with E-state index in [1.165, 1.54) is 0 Å². The third kappa shape index (κ3) is 3.39. The molecule has 1 unspecified atom stereocenters. The lowest BCUT2D eigenvalue weighted by molar-refractivity contribution is -0.267. The Morgan fingerprint density at radius 2 is 1.92 bits per heavy atom. The molecule has 1 aliphatic carbocycles. The Morgan fingerprint density at radius 3 is 2.58 bits per heavy atom. The standard InChI is InChI=1S/C20H27N3O/c1-19(2,3)13-20(4,5)14-10-11-18(24)17(12-14)23-21-15-8-6-7-9-16(15)22-23/h6-12,15,21,24H,13H2,1-5H3/p-1. The third-order valence-corrected chi connectivity index (χ3v) is 4.42. The van der Waals surface area contributed by atoms with Crippen molar-refractivity contribution >= 4 is 11.4 Å². The average molecular weight is 324 g/mol. The van der Waals surface area contributed by atoms with E-state index in [4.69, 9.17) is 0 Å². The first kappa shape index (κ1) is 16.8. The van der Waals surface area contributed by atoms with E-state index >= 15 is 0 Å². The largest absolute Gasteiger partial charge is 0.871 e. The molecule has 0 radical (unpaired) electrons. The predicted octanol–water partition coefficient (Wildman–Crippen LogP) is 3.65. The van der Waals surface area contributed by atoms with Gasteiger partial charge in [0.15, 0.2) is 0 Å². The second-order valence-electron chi connectivity index (χ2n) is 8.49. The lowest BCUT2D eigenvalue weighted by Gasteiger charge is -2.34. The maximum absolute atomic E-state index is 12.4. The van der Waals surface area contributed by atoms with Gasteiger partial charge in [-0.2, -0.15) is 15.6 Å². The van der Waals surface area contributed by atoms with Gasteiger partial charge in [-0.05, 0) is 35.0 Å². The first-order valence-corrected chi connectivity index (χ1v) is 8.47. The van der Waals surface area contributed by atoms with Crippen LogP contribution in [-0.4, -0.2) is 11.8 Å². The molecule has 0 saturated carbocycles. The Morgan fingerprint density at radius 1 is 1.17 bits per heavy atom. The minimum absolute atomic E-state index is 0.0138. The molecule has 0 spiro atoms. The van der Waals surface area contributed by atoms with Crippen molar-refractivity contribution in [3.05, 3.63) is 48.1 Å². The quantitative estimate of drug-likeness (QED) is 0.923. The van der Waals surface area contributed by atoms with Crippen LogP contribution in [0.5, 0.6) is 5.75 Å². The Balaban J connectivity index is 1.92. The van der Waals surface area contributed by atoms with E-state index in [1.54, 1.807) is 11.2 Å². The van der Waals surface area contributed by atoms with Crippen molar-refractivity contribution in [2.45, 2.75) is 52.5 Å². The molecular weight excluding hydrogens is 298 g/mol. The third-order valence-electron chi connectivity index (χ3n) is 4.42. The second kappa shape index (κ2) is 5.78. The molecule has 1 atom stereocenters. The SMILES string of the molecule is CC(C)(C)CC(C)(C)c1ccc([O-])c(N2N=C3C=CC=CC3N2)c1. The van der Waals surface area contributed by atoms with E-state index in [9.17, 15) is 5.11 Å². The fourth-order valence-electron chi connectivity index (χ4n) is 3.67. The molecule has 3 rings (SSSR count). The summed E-state index contributed by atoms with van der Waals surface area (Å²) in [5.41, 5.74) is 6.14. The van der Waals surface area contributed by atoms with E-state index in [-0.39, 0.29) is 22.6 Å². The second-order valence-corrected chi connectivity index (χ2v) is 8.49. The van der Waals surface area contributed by atoms with Crippen LogP contribution in [-0.2, 0) is 5.41 Å². The maximum Gasteiger partial charge on any atom is 0.0905 e. The lowest BCUT2D eigenvalue weighted by Crippen LogP contribution is -2.37. The van der Waals surface area contributed by atoms with Crippen molar-refractivity contribution in [2.24, 2.45) is 10.5 Å². The molecule has 1 aromatic rings. The normalized spacial score (nSPS) is 20.3. The molecule has 0 bridgehead atoms. The summed E-state index contributed by atoms with van der Waals surface area (Å²) in [5, 5.41) is 18.6. The molecule has 0 saturated heterocycles. The van der Waals surface area contributed by atoms with E-state index in [1.807, 2.05) is 36.4 Å². The molecule has 1 aromatic carbocycles. The highest BCUT2D eigenvalue weighted by atomic mass is 16.3. The van der Waals surface area contributed by atoms with Crippen LogP contribution in [0.2, 0.25) is 0 Å². The van der Waals surface area contributed by atoms with Crippen molar-refractivity contribution in [3.63, 3.8) is 0 Å². The zero-order valence-corrected chi connectivity index (χ0v) is 15.1. The van der Waals surface area contributed by atoms with Gasteiger partial charge in [0, 0.05) is 0 Å². The van der Waals surface area contributed by atoms with Crippen LogP contribution >= 0.6 is 0 Å². The van der Waals surface area contributed by atoms with Crippen LogP contribution in [0, 0.1) is 5.41 Å². The minimum atomic E-state index is -0.0197. The molecule has 2 aliphatic rings. The van der Waals surface area contributed by atoms with E-state index in [0.717, 1.165) is 17.7 Å². The summed E-state index contributed by atoms with van der Waals surface area (Å²) in [4.78, 5) is 0.